The van der Waals surface area contributed by atoms with Crippen molar-refractivity contribution in [2.45, 2.75) is 19.9 Å². The molecule has 1 amide bonds. The number of aryl methyl sites for hydroxylation is 1. The largest absolute Gasteiger partial charge is 0.464 e. The van der Waals surface area contributed by atoms with Crippen LogP contribution in [0.3, 0.4) is 0 Å². The lowest BCUT2D eigenvalue weighted by molar-refractivity contribution is -0.117. The first-order valence-corrected chi connectivity index (χ1v) is 7.05. The van der Waals surface area contributed by atoms with E-state index in [-0.39, 0.29) is 11.8 Å². The van der Waals surface area contributed by atoms with Gasteiger partial charge in [0.2, 0.25) is 5.91 Å². The predicted octanol–water partition coefficient (Wildman–Crippen LogP) is 2.50. The summed E-state index contributed by atoms with van der Waals surface area (Å²) in [4.78, 5) is 16.6. The highest BCUT2D eigenvalue weighted by molar-refractivity contribution is 5.94. The number of amides is 1. The lowest BCUT2D eigenvalue weighted by atomic mass is 10.1. The fraction of sp³-hybridized carbons (Fsp3) is 0.429. The third-order valence-electron chi connectivity index (χ3n) is 3.68. The molecule has 2 aromatic heterocycles. The van der Waals surface area contributed by atoms with E-state index in [4.69, 9.17) is 9.95 Å². The molecule has 1 saturated heterocycles. The first-order valence-electron chi connectivity index (χ1n) is 7.05. The number of rotatable bonds is 5. The van der Waals surface area contributed by atoms with E-state index in [9.17, 15) is 4.79 Å². The topological polar surface area (TPSA) is 100 Å². The van der Waals surface area contributed by atoms with Gasteiger partial charge in [0, 0.05) is 30.5 Å². The molecule has 0 N–H and O–H groups in total. The number of anilines is 1. The molecule has 1 aliphatic heterocycles. The minimum Gasteiger partial charge on any atom is -0.464 e. The lowest BCUT2D eigenvalue weighted by Gasteiger charge is -2.17. The van der Waals surface area contributed by atoms with Gasteiger partial charge in [-0.1, -0.05) is 5.11 Å². The van der Waals surface area contributed by atoms with Crippen LogP contribution in [0.1, 0.15) is 17.9 Å². The van der Waals surface area contributed by atoms with Crippen LogP contribution in [0.5, 0.6) is 0 Å². The van der Waals surface area contributed by atoms with Crippen molar-refractivity contribution in [3.8, 4) is 0 Å². The Balaban J connectivity index is 1.76. The molecule has 22 heavy (non-hydrogen) atoms. The van der Waals surface area contributed by atoms with Gasteiger partial charge in [-0.2, -0.15) is 5.10 Å². The third kappa shape index (κ3) is 2.82. The van der Waals surface area contributed by atoms with Crippen molar-refractivity contribution < 1.29 is 9.21 Å². The van der Waals surface area contributed by atoms with Gasteiger partial charge in [-0.3, -0.25) is 9.69 Å². The van der Waals surface area contributed by atoms with E-state index < -0.39 is 0 Å². The van der Waals surface area contributed by atoms with E-state index in [0.29, 0.717) is 26.1 Å². The molecule has 2 aromatic rings. The van der Waals surface area contributed by atoms with E-state index in [1.54, 1.807) is 15.8 Å². The Kier molecular flexibility index (Phi) is 3.84. The van der Waals surface area contributed by atoms with Crippen LogP contribution < -0.4 is 4.90 Å². The molecule has 0 aromatic carbocycles. The van der Waals surface area contributed by atoms with Crippen LogP contribution in [0, 0.1) is 12.8 Å². The Morgan fingerprint density at radius 2 is 2.36 bits per heavy atom. The second-order valence-electron chi connectivity index (χ2n) is 5.35. The van der Waals surface area contributed by atoms with Crippen LogP contribution in [-0.4, -0.2) is 28.8 Å². The monoisotopic (exact) mass is 300 g/mol. The molecular weight excluding hydrogens is 284 g/mol. The van der Waals surface area contributed by atoms with Crippen LogP contribution in [0.15, 0.2) is 33.9 Å². The number of hydrogen-bond donors (Lipinski definition) is 0. The maximum atomic E-state index is 12.2. The minimum atomic E-state index is 0.0236. The average Bonchev–Trinajstić information content (AvgIpc) is 3.18. The second kappa shape index (κ2) is 5.95. The van der Waals surface area contributed by atoms with Gasteiger partial charge in [0.15, 0.2) is 0 Å². The Bertz CT molecular complexity index is 727. The van der Waals surface area contributed by atoms with E-state index in [1.807, 2.05) is 25.1 Å². The molecule has 1 fully saturated rings. The fourth-order valence-electron chi connectivity index (χ4n) is 2.67. The Morgan fingerprint density at radius 1 is 1.50 bits per heavy atom. The molecular formula is C14H16N6O2. The number of hydrogen-bond acceptors (Lipinski definition) is 4. The Labute approximate surface area is 126 Å². The molecule has 1 atom stereocenters. The minimum absolute atomic E-state index is 0.0236. The molecule has 0 radical (unpaired) electrons. The van der Waals surface area contributed by atoms with Gasteiger partial charge >= 0.3 is 0 Å². The second-order valence-corrected chi connectivity index (χ2v) is 5.35. The van der Waals surface area contributed by atoms with Crippen molar-refractivity contribution in [3.05, 3.63) is 46.4 Å². The lowest BCUT2D eigenvalue weighted by Crippen LogP contribution is -2.27. The summed E-state index contributed by atoms with van der Waals surface area (Å²) in [6, 6.07) is 5.61. The molecule has 0 saturated carbocycles. The Morgan fingerprint density at radius 3 is 3.09 bits per heavy atom. The molecule has 1 unspecified atom stereocenters. The number of carbonyl (C=O) groups is 1. The van der Waals surface area contributed by atoms with Gasteiger partial charge in [-0.15, -0.1) is 0 Å². The van der Waals surface area contributed by atoms with Crippen LogP contribution in [0.25, 0.3) is 10.4 Å². The van der Waals surface area contributed by atoms with Gasteiger partial charge in [0.05, 0.1) is 6.20 Å². The van der Waals surface area contributed by atoms with Crippen molar-refractivity contribution in [2.75, 3.05) is 18.0 Å². The third-order valence-corrected chi connectivity index (χ3v) is 3.68. The standard InChI is InChI=1S/C14H16N6O2/c1-10-2-3-12(22-10)9-20-13(4-5-17-20)19-8-11(6-14(19)21)7-16-18-15/h2-5,11H,6-9H2,1H3. The van der Waals surface area contributed by atoms with E-state index in [0.717, 1.165) is 17.3 Å². The SMILES string of the molecule is Cc1ccc(Cn2nccc2N2CC(CN=[N+]=[N-])CC2=O)o1. The highest BCUT2D eigenvalue weighted by atomic mass is 16.3. The normalized spacial score (nSPS) is 17.8. The van der Waals surface area contributed by atoms with Crippen LogP contribution >= 0.6 is 0 Å². The van der Waals surface area contributed by atoms with Gasteiger partial charge in [0.1, 0.15) is 23.9 Å². The molecule has 0 spiro atoms. The zero-order valence-corrected chi connectivity index (χ0v) is 12.2. The number of furan rings is 1. The first-order chi connectivity index (χ1) is 10.7. The molecule has 1 aliphatic rings. The molecule has 0 bridgehead atoms. The molecule has 8 nitrogen and oxygen atoms in total. The quantitative estimate of drug-likeness (QED) is 0.481. The summed E-state index contributed by atoms with van der Waals surface area (Å²) in [5, 5.41) is 7.83. The van der Waals surface area contributed by atoms with Crippen LogP contribution in [-0.2, 0) is 11.3 Å². The highest BCUT2D eigenvalue weighted by Crippen LogP contribution is 2.25. The zero-order valence-electron chi connectivity index (χ0n) is 12.2. The summed E-state index contributed by atoms with van der Waals surface area (Å²) in [6.07, 6.45) is 2.06. The van der Waals surface area contributed by atoms with Crippen molar-refractivity contribution in [1.29, 1.82) is 0 Å². The zero-order chi connectivity index (χ0) is 15.5. The van der Waals surface area contributed by atoms with Crippen LogP contribution in [0.2, 0.25) is 0 Å². The van der Waals surface area contributed by atoms with Crippen LogP contribution in [0.4, 0.5) is 5.82 Å². The van der Waals surface area contributed by atoms with Gasteiger partial charge in [-0.25, -0.2) is 4.68 Å². The van der Waals surface area contributed by atoms with Crippen molar-refractivity contribution >= 4 is 11.7 Å². The number of nitrogens with zero attached hydrogens (tertiary/aromatic N) is 6. The van der Waals surface area contributed by atoms with Gasteiger partial charge in [-0.05, 0) is 30.5 Å². The Hall–Kier alpha value is -2.73. The summed E-state index contributed by atoms with van der Waals surface area (Å²) in [5.41, 5.74) is 8.39. The maximum absolute atomic E-state index is 12.2. The molecule has 114 valence electrons. The average molecular weight is 300 g/mol. The van der Waals surface area contributed by atoms with Crippen molar-refractivity contribution in [2.24, 2.45) is 11.0 Å². The molecule has 3 rings (SSSR count). The summed E-state index contributed by atoms with van der Waals surface area (Å²) in [5.74, 6) is 2.45. The predicted molar refractivity (Wildman–Crippen MR) is 79.2 cm³/mol. The maximum Gasteiger partial charge on any atom is 0.228 e. The summed E-state index contributed by atoms with van der Waals surface area (Å²) in [7, 11) is 0. The summed E-state index contributed by atoms with van der Waals surface area (Å²) in [6.45, 7) is 3.24. The number of carbonyl (C=O) groups excluding carboxylic acids is 1. The smallest absolute Gasteiger partial charge is 0.228 e. The summed E-state index contributed by atoms with van der Waals surface area (Å²) < 4.78 is 7.30. The highest BCUT2D eigenvalue weighted by Gasteiger charge is 2.31. The molecule has 0 aliphatic carbocycles. The number of aromatic nitrogens is 2. The summed E-state index contributed by atoms with van der Waals surface area (Å²) >= 11 is 0. The van der Waals surface area contributed by atoms with Crippen molar-refractivity contribution in [3.63, 3.8) is 0 Å². The first kappa shape index (κ1) is 14.2. The van der Waals surface area contributed by atoms with E-state index in [1.165, 1.54) is 0 Å². The number of azide groups is 1. The molecule has 3 heterocycles. The molecule has 8 heteroatoms. The van der Waals surface area contributed by atoms with Gasteiger partial charge in [0.25, 0.3) is 0 Å². The fourth-order valence-corrected chi connectivity index (χ4v) is 2.67. The van der Waals surface area contributed by atoms with Crippen molar-refractivity contribution in [1.82, 2.24) is 9.78 Å². The van der Waals surface area contributed by atoms with Gasteiger partial charge < -0.3 is 4.42 Å². The van der Waals surface area contributed by atoms with E-state index >= 15 is 0 Å². The van der Waals surface area contributed by atoms with E-state index in [2.05, 4.69) is 15.1 Å².